The van der Waals surface area contributed by atoms with Crippen LogP contribution in [0.2, 0.25) is 23.7 Å². The lowest BCUT2D eigenvalue weighted by molar-refractivity contribution is -0.139. The standard InChI is InChI=1S/C17H27NO2Si/c1-5-12-18-16(19)13-10-9-11-14(15(13)17(18)20)21(6-2,7-3)8-4/h5,9,11,13-15H,1,6-8,10,12H2,2-4H3. The van der Waals surface area contributed by atoms with Gasteiger partial charge in [-0.2, -0.15) is 0 Å². The number of hydrogen-bond donors (Lipinski definition) is 0. The van der Waals surface area contributed by atoms with Crippen molar-refractivity contribution in [3.8, 4) is 0 Å². The molecule has 0 spiro atoms. The Balaban J connectivity index is 2.39. The first-order chi connectivity index (χ1) is 10.1. The first-order valence-corrected chi connectivity index (χ1v) is 10.9. The molecule has 0 N–H and O–H groups in total. The fourth-order valence-electron chi connectivity index (χ4n) is 4.31. The summed E-state index contributed by atoms with van der Waals surface area (Å²) in [5, 5.41) is 0. The van der Waals surface area contributed by atoms with Crippen LogP contribution in [0.4, 0.5) is 0 Å². The topological polar surface area (TPSA) is 37.4 Å². The maximum absolute atomic E-state index is 12.8. The van der Waals surface area contributed by atoms with Crippen molar-refractivity contribution < 1.29 is 9.59 Å². The summed E-state index contributed by atoms with van der Waals surface area (Å²) in [5.74, 6) is -0.158. The second-order valence-electron chi connectivity index (χ2n) is 6.32. The summed E-state index contributed by atoms with van der Waals surface area (Å²) in [5.41, 5.74) is 0.322. The monoisotopic (exact) mass is 305 g/mol. The summed E-state index contributed by atoms with van der Waals surface area (Å²) in [6.45, 7) is 10.8. The van der Waals surface area contributed by atoms with E-state index in [1.54, 1.807) is 6.08 Å². The van der Waals surface area contributed by atoms with Gasteiger partial charge < -0.3 is 0 Å². The van der Waals surface area contributed by atoms with E-state index < -0.39 is 8.07 Å². The number of likely N-dealkylation sites (tertiary alicyclic amines) is 1. The first kappa shape index (κ1) is 16.2. The number of carbonyl (C=O) groups excluding carboxylic acids is 2. The first-order valence-electron chi connectivity index (χ1n) is 8.19. The van der Waals surface area contributed by atoms with Crippen molar-refractivity contribution in [1.29, 1.82) is 0 Å². The molecule has 0 aromatic heterocycles. The third kappa shape index (κ3) is 2.43. The SMILES string of the molecule is C=CCN1C(=O)C2CC=CC([Si](CC)(CC)CC)C2C1=O. The van der Waals surface area contributed by atoms with Crippen molar-refractivity contribution in [2.45, 2.75) is 50.9 Å². The van der Waals surface area contributed by atoms with Gasteiger partial charge in [0.05, 0.1) is 19.9 Å². The van der Waals surface area contributed by atoms with Crippen molar-refractivity contribution in [3.63, 3.8) is 0 Å². The lowest BCUT2D eigenvalue weighted by atomic mass is 9.84. The molecule has 0 aromatic rings. The van der Waals surface area contributed by atoms with Gasteiger partial charge in [0.2, 0.25) is 11.8 Å². The Labute approximate surface area is 129 Å². The van der Waals surface area contributed by atoms with Crippen LogP contribution >= 0.6 is 0 Å². The largest absolute Gasteiger partial charge is 0.278 e. The second-order valence-corrected chi connectivity index (χ2v) is 11.8. The van der Waals surface area contributed by atoms with E-state index >= 15 is 0 Å². The Hall–Kier alpha value is -1.16. The third-order valence-corrected chi connectivity index (χ3v) is 12.0. The number of rotatable bonds is 6. The molecular formula is C17H27NO2Si. The van der Waals surface area contributed by atoms with E-state index in [0.29, 0.717) is 12.1 Å². The van der Waals surface area contributed by atoms with Gasteiger partial charge in [-0.15, -0.1) is 6.58 Å². The minimum Gasteiger partial charge on any atom is -0.278 e. The summed E-state index contributed by atoms with van der Waals surface area (Å²) >= 11 is 0. The summed E-state index contributed by atoms with van der Waals surface area (Å²) in [4.78, 5) is 26.7. The van der Waals surface area contributed by atoms with Gasteiger partial charge in [0.25, 0.3) is 0 Å². The quantitative estimate of drug-likeness (QED) is 0.427. The van der Waals surface area contributed by atoms with Crippen molar-refractivity contribution in [2.24, 2.45) is 11.8 Å². The van der Waals surface area contributed by atoms with Crippen LogP contribution in [0.3, 0.4) is 0 Å². The van der Waals surface area contributed by atoms with E-state index in [-0.39, 0.29) is 23.7 Å². The fourth-order valence-corrected chi connectivity index (χ4v) is 8.90. The molecule has 0 aromatic carbocycles. The second kappa shape index (κ2) is 6.30. The zero-order valence-electron chi connectivity index (χ0n) is 13.5. The van der Waals surface area contributed by atoms with Crippen LogP contribution in [-0.2, 0) is 9.59 Å². The van der Waals surface area contributed by atoms with Gasteiger partial charge in [0.15, 0.2) is 0 Å². The number of amides is 2. The van der Waals surface area contributed by atoms with Gasteiger partial charge in [-0.05, 0) is 12.0 Å². The predicted molar refractivity (Wildman–Crippen MR) is 88.6 cm³/mol. The van der Waals surface area contributed by atoms with Gasteiger partial charge in [-0.25, -0.2) is 0 Å². The zero-order chi connectivity index (χ0) is 15.6. The molecule has 0 radical (unpaired) electrons. The zero-order valence-corrected chi connectivity index (χ0v) is 14.5. The smallest absolute Gasteiger partial charge is 0.233 e. The van der Waals surface area contributed by atoms with Crippen molar-refractivity contribution in [1.82, 2.24) is 4.90 Å². The molecule has 0 saturated carbocycles. The highest BCUT2D eigenvalue weighted by Gasteiger charge is 2.55. The Kier molecular flexibility index (Phi) is 4.87. The molecule has 1 heterocycles. The van der Waals surface area contributed by atoms with E-state index in [2.05, 4.69) is 39.5 Å². The van der Waals surface area contributed by atoms with Crippen molar-refractivity contribution in [3.05, 3.63) is 24.8 Å². The van der Waals surface area contributed by atoms with Gasteiger partial charge in [0, 0.05) is 6.54 Å². The molecule has 116 valence electrons. The molecule has 3 atom stereocenters. The minimum atomic E-state index is -1.54. The highest BCUT2D eigenvalue weighted by Crippen LogP contribution is 2.49. The molecule has 4 heteroatoms. The predicted octanol–water partition coefficient (Wildman–Crippen LogP) is 3.61. The van der Waals surface area contributed by atoms with E-state index in [9.17, 15) is 9.59 Å². The van der Waals surface area contributed by atoms with Gasteiger partial charge in [-0.3, -0.25) is 14.5 Å². The normalized spacial score (nSPS) is 28.9. The molecule has 21 heavy (non-hydrogen) atoms. The highest BCUT2D eigenvalue weighted by molar-refractivity contribution is 6.81. The average Bonchev–Trinajstić information content (AvgIpc) is 2.76. The average molecular weight is 305 g/mol. The van der Waals surface area contributed by atoms with Crippen LogP contribution in [-0.4, -0.2) is 31.3 Å². The number of hydrogen-bond acceptors (Lipinski definition) is 2. The summed E-state index contributed by atoms with van der Waals surface area (Å²) in [7, 11) is -1.54. The third-order valence-electron chi connectivity index (χ3n) is 5.82. The van der Waals surface area contributed by atoms with E-state index in [1.165, 1.54) is 23.0 Å². The molecule has 2 aliphatic rings. The fraction of sp³-hybridized carbons (Fsp3) is 0.647. The molecule has 3 nitrogen and oxygen atoms in total. The Morgan fingerprint density at radius 1 is 1.24 bits per heavy atom. The molecule has 3 unspecified atom stereocenters. The van der Waals surface area contributed by atoms with Crippen LogP contribution in [0.25, 0.3) is 0 Å². The van der Waals surface area contributed by atoms with Crippen LogP contribution in [0.5, 0.6) is 0 Å². The summed E-state index contributed by atoms with van der Waals surface area (Å²) in [6, 6.07) is 3.55. The van der Waals surface area contributed by atoms with Crippen LogP contribution in [0, 0.1) is 11.8 Å². The number of allylic oxidation sites excluding steroid dienone is 2. The lowest BCUT2D eigenvalue weighted by Gasteiger charge is -2.41. The van der Waals surface area contributed by atoms with Crippen LogP contribution < -0.4 is 0 Å². The van der Waals surface area contributed by atoms with Crippen LogP contribution in [0.1, 0.15) is 27.2 Å². The number of carbonyl (C=O) groups is 2. The number of imide groups is 1. The number of nitrogens with zero attached hydrogens (tertiary/aromatic N) is 1. The lowest BCUT2D eigenvalue weighted by Crippen LogP contribution is -2.44. The van der Waals surface area contributed by atoms with E-state index in [0.717, 1.165) is 6.42 Å². The molecule has 1 saturated heterocycles. The maximum Gasteiger partial charge on any atom is 0.233 e. The van der Waals surface area contributed by atoms with Crippen molar-refractivity contribution >= 4 is 19.9 Å². The molecule has 2 amide bonds. The Morgan fingerprint density at radius 3 is 2.38 bits per heavy atom. The van der Waals surface area contributed by atoms with E-state index in [1.807, 2.05) is 0 Å². The number of fused-ring (bicyclic) bond motifs is 1. The molecule has 0 bridgehead atoms. The molecular weight excluding hydrogens is 278 g/mol. The van der Waals surface area contributed by atoms with E-state index in [4.69, 9.17) is 0 Å². The van der Waals surface area contributed by atoms with Gasteiger partial charge in [0.1, 0.15) is 0 Å². The summed E-state index contributed by atoms with van der Waals surface area (Å²) in [6.07, 6.45) is 6.80. The summed E-state index contributed by atoms with van der Waals surface area (Å²) < 4.78 is 0. The van der Waals surface area contributed by atoms with Gasteiger partial charge >= 0.3 is 0 Å². The molecule has 2 rings (SSSR count). The van der Waals surface area contributed by atoms with Gasteiger partial charge in [-0.1, -0.05) is 57.1 Å². The van der Waals surface area contributed by atoms with Crippen molar-refractivity contribution in [2.75, 3.05) is 6.54 Å². The Bertz CT molecular complexity index is 459. The Morgan fingerprint density at radius 2 is 1.86 bits per heavy atom. The minimum absolute atomic E-state index is 0.0189. The highest BCUT2D eigenvalue weighted by atomic mass is 28.3. The molecule has 1 aliphatic carbocycles. The van der Waals surface area contributed by atoms with Crippen LogP contribution in [0.15, 0.2) is 24.8 Å². The molecule has 1 fully saturated rings. The maximum atomic E-state index is 12.8. The molecule has 1 aliphatic heterocycles.